The third kappa shape index (κ3) is 4.46. The van der Waals surface area contributed by atoms with E-state index >= 15 is 0 Å². The molecule has 1 saturated heterocycles. The first-order valence-corrected chi connectivity index (χ1v) is 12.5. The molecule has 0 bridgehead atoms. The van der Waals surface area contributed by atoms with E-state index < -0.39 is 6.09 Å². The molecule has 2 saturated carbocycles. The number of ether oxygens (including phenoxy) is 3. The van der Waals surface area contributed by atoms with Crippen LogP contribution in [-0.4, -0.2) is 36.1 Å². The predicted molar refractivity (Wildman–Crippen MR) is 133 cm³/mol. The first-order valence-electron chi connectivity index (χ1n) is 12.5. The summed E-state index contributed by atoms with van der Waals surface area (Å²) in [6.07, 6.45) is 4.92. The number of nitrogens with one attached hydrogen (secondary N) is 1. The predicted octanol–water partition coefficient (Wildman–Crippen LogP) is 6.03. The summed E-state index contributed by atoms with van der Waals surface area (Å²) < 4.78 is 19.4. The van der Waals surface area contributed by atoms with Gasteiger partial charge in [0, 0.05) is 29.6 Å². The summed E-state index contributed by atoms with van der Waals surface area (Å²) in [6.45, 7) is 3.29. The SMILES string of the molecule is CC(OC(=O)Nc1ccc(-c2c(C#N)c3ccc(OC4CCOC4)cc3n2C2CC2)cc1)C1CC1. The number of nitriles is 1. The number of aromatic nitrogens is 1. The second kappa shape index (κ2) is 8.94. The fourth-order valence-electron chi connectivity index (χ4n) is 4.96. The summed E-state index contributed by atoms with van der Waals surface area (Å²) >= 11 is 0. The van der Waals surface area contributed by atoms with Gasteiger partial charge in [-0.15, -0.1) is 0 Å². The molecule has 2 heterocycles. The lowest BCUT2D eigenvalue weighted by Gasteiger charge is -2.14. The van der Waals surface area contributed by atoms with Crippen LogP contribution in [0.1, 0.15) is 50.6 Å². The van der Waals surface area contributed by atoms with E-state index in [1.807, 2.05) is 43.3 Å². The van der Waals surface area contributed by atoms with Gasteiger partial charge in [0.2, 0.25) is 0 Å². The van der Waals surface area contributed by atoms with Gasteiger partial charge in [0.25, 0.3) is 0 Å². The molecule has 1 aliphatic heterocycles. The van der Waals surface area contributed by atoms with Gasteiger partial charge in [-0.25, -0.2) is 4.79 Å². The molecule has 3 aliphatic rings. The van der Waals surface area contributed by atoms with Crippen molar-refractivity contribution in [3.63, 3.8) is 0 Å². The van der Waals surface area contributed by atoms with Crippen LogP contribution in [0, 0.1) is 17.2 Å². The quantitative estimate of drug-likeness (QED) is 0.455. The maximum Gasteiger partial charge on any atom is 0.411 e. The Morgan fingerprint density at radius 2 is 1.94 bits per heavy atom. The van der Waals surface area contributed by atoms with Crippen molar-refractivity contribution < 1.29 is 19.0 Å². The minimum absolute atomic E-state index is 0.0585. The highest BCUT2D eigenvalue weighted by molar-refractivity contribution is 5.96. The molecule has 1 amide bonds. The Morgan fingerprint density at radius 1 is 1.14 bits per heavy atom. The minimum Gasteiger partial charge on any atom is -0.488 e. The molecule has 1 aromatic heterocycles. The molecule has 3 fully saturated rings. The Bertz CT molecular complexity index is 1290. The molecule has 2 atom stereocenters. The average molecular weight is 472 g/mol. The van der Waals surface area contributed by atoms with Gasteiger partial charge in [0.15, 0.2) is 0 Å². The Kier molecular flexibility index (Phi) is 5.62. The molecule has 2 aromatic carbocycles. The van der Waals surface area contributed by atoms with Crippen molar-refractivity contribution in [1.29, 1.82) is 5.26 Å². The van der Waals surface area contributed by atoms with E-state index in [2.05, 4.69) is 22.0 Å². The maximum atomic E-state index is 12.2. The fourth-order valence-corrected chi connectivity index (χ4v) is 4.96. The summed E-state index contributed by atoms with van der Waals surface area (Å²) in [7, 11) is 0. The van der Waals surface area contributed by atoms with Crippen molar-refractivity contribution in [3.8, 4) is 23.1 Å². The van der Waals surface area contributed by atoms with Crippen LogP contribution >= 0.6 is 0 Å². The van der Waals surface area contributed by atoms with Gasteiger partial charge < -0.3 is 18.8 Å². The molecule has 35 heavy (non-hydrogen) atoms. The van der Waals surface area contributed by atoms with Gasteiger partial charge in [-0.05, 0) is 68.4 Å². The van der Waals surface area contributed by atoms with E-state index in [9.17, 15) is 10.1 Å². The minimum atomic E-state index is -0.429. The molecule has 180 valence electrons. The van der Waals surface area contributed by atoms with Crippen LogP contribution in [0.25, 0.3) is 22.2 Å². The van der Waals surface area contributed by atoms with E-state index in [-0.39, 0.29) is 12.2 Å². The highest BCUT2D eigenvalue weighted by Gasteiger charge is 2.32. The smallest absolute Gasteiger partial charge is 0.411 e. The van der Waals surface area contributed by atoms with Crippen molar-refractivity contribution in [1.82, 2.24) is 4.57 Å². The number of carbonyl (C=O) groups is 1. The molecule has 2 unspecified atom stereocenters. The van der Waals surface area contributed by atoms with Crippen LogP contribution in [0.3, 0.4) is 0 Å². The third-order valence-corrected chi connectivity index (χ3v) is 7.17. The van der Waals surface area contributed by atoms with Gasteiger partial charge in [-0.2, -0.15) is 5.26 Å². The van der Waals surface area contributed by atoms with Crippen molar-refractivity contribution in [2.75, 3.05) is 18.5 Å². The lowest BCUT2D eigenvalue weighted by atomic mass is 10.1. The molecular weight excluding hydrogens is 442 g/mol. The number of hydrogen-bond donors (Lipinski definition) is 1. The first-order chi connectivity index (χ1) is 17.1. The molecular formula is C28H29N3O4. The van der Waals surface area contributed by atoms with E-state index in [1.165, 1.54) is 0 Å². The largest absolute Gasteiger partial charge is 0.488 e. The Labute approximate surface area is 204 Å². The number of nitrogens with zero attached hydrogens (tertiary/aromatic N) is 2. The van der Waals surface area contributed by atoms with Crippen LogP contribution in [0.4, 0.5) is 10.5 Å². The van der Waals surface area contributed by atoms with Crippen LogP contribution in [0.2, 0.25) is 0 Å². The lowest BCUT2D eigenvalue weighted by Crippen LogP contribution is -2.21. The van der Waals surface area contributed by atoms with E-state index in [0.29, 0.717) is 29.8 Å². The molecule has 3 aromatic rings. The fraction of sp³-hybridized carbons (Fsp3) is 0.429. The zero-order valence-electron chi connectivity index (χ0n) is 19.8. The molecule has 0 spiro atoms. The van der Waals surface area contributed by atoms with Crippen LogP contribution in [0.15, 0.2) is 42.5 Å². The maximum absolute atomic E-state index is 12.2. The summed E-state index contributed by atoms with van der Waals surface area (Å²) in [6, 6.07) is 16.5. The normalized spacial score (nSPS) is 20.4. The van der Waals surface area contributed by atoms with Crippen molar-refractivity contribution in [2.24, 2.45) is 5.92 Å². The van der Waals surface area contributed by atoms with E-state index in [0.717, 1.165) is 66.6 Å². The summed E-state index contributed by atoms with van der Waals surface area (Å²) in [5, 5.41) is 13.9. The Morgan fingerprint density at radius 3 is 2.60 bits per heavy atom. The number of amides is 1. The molecule has 6 rings (SSSR count). The topological polar surface area (TPSA) is 85.5 Å². The van der Waals surface area contributed by atoms with Gasteiger partial charge >= 0.3 is 6.09 Å². The van der Waals surface area contributed by atoms with Crippen LogP contribution in [-0.2, 0) is 9.47 Å². The number of hydrogen-bond acceptors (Lipinski definition) is 5. The molecule has 0 radical (unpaired) electrons. The van der Waals surface area contributed by atoms with Gasteiger partial charge in [0.05, 0.1) is 30.0 Å². The van der Waals surface area contributed by atoms with E-state index in [4.69, 9.17) is 14.2 Å². The van der Waals surface area contributed by atoms with E-state index in [1.54, 1.807) is 0 Å². The standard InChI is InChI=1S/C28H29N3O4/c1-17(18-2-3-18)34-28(32)30-20-6-4-19(5-7-20)27-25(15-29)24-11-10-22(35-23-12-13-33-16-23)14-26(24)31(27)21-8-9-21/h4-7,10-11,14,17-18,21,23H,2-3,8-9,12-13,16H2,1H3,(H,30,32). The molecule has 7 heteroatoms. The summed E-state index contributed by atoms with van der Waals surface area (Å²) in [5.41, 5.74) is 4.23. The monoisotopic (exact) mass is 471 g/mol. The second-order valence-corrected chi connectivity index (χ2v) is 9.87. The van der Waals surface area contributed by atoms with Crippen LogP contribution in [0.5, 0.6) is 5.75 Å². The first kappa shape index (κ1) is 22.0. The number of carbonyl (C=O) groups excluding carboxylic acids is 1. The van der Waals surface area contributed by atoms with Gasteiger partial charge in [0.1, 0.15) is 24.0 Å². The Balaban J connectivity index is 1.30. The average Bonchev–Trinajstić information content (AvgIpc) is 3.79. The lowest BCUT2D eigenvalue weighted by molar-refractivity contribution is 0.108. The van der Waals surface area contributed by atoms with Crippen LogP contribution < -0.4 is 10.1 Å². The van der Waals surface area contributed by atoms with Crippen molar-refractivity contribution >= 4 is 22.7 Å². The Hall–Kier alpha value is -3.50. The highest BCUT2D eigenvalue weighted by atomic mass is 16.6. The second-order valence-electron chi connectivity index (χ2n) is 9.87. The van der Waals surface area contributed by atoms with Gasteiger partial charge in [-0.3, -0.25) is 5.32 Å². The molecule has 2 aliphatic carbocycles. The summed E-state index contributed by atoms with van der Waals surface area (Å²) in [5.74, 6) is 1.30. The summed E-state index contributed by atoms with van der Waals surface area (Å²) in [4.78, 5) is 12.2. The van der Waals surface area contributed by atoms with Gasteiger partial charge in [-0.1, -0.05) is 12.1 Å². The third-order valence-electron chi connectivity index (χ3n) is 7.17. The zero-order valence-corrected chi connectivity index (χ0v) is 19.8. The molecule has 1 N–H and O–H groups in total. The van der Waals surface area contributed by atoms with Crippen molar-refractivity contribution in [3.05, 3.63) is 48.0 Å². The highest BCUT2D eigenvalue weighted by Crippen LogP contribution is 2.45. The number of benzene rings is 2. The number of fused-ring (bicyclic) bond motifs is 1. The number of anilines is 1. The molecule has 7 nitrogen and oxygen atoms in total. The number of rotatable bonds is 7. The van der Waals surface area contributed by atoms with Crippen molar-refractivity contribution in [2.45, 2.75) is 57.3 Å². The zero-order chi connectivity index (χ0) is 23.9.